The molecule has 2 N–H and O–H groups in total. The van der Waals surface area contributed by atoms with Gasteiger partial charge in [-0.25, -0.2) is 0 Å². The third-order valence-corrected chi connectivity index (χ3v) is 5.52. The van der Waals surface area contributed by atoms with Crippen molar-refractivity contribution >= 4 is 29.9 Å². The number of hydrogen-bond acceptors (Lipinski definition) is 5. The fraction of sp³-hybridized carbons (Fsp3) is 0.708. The van der Waals surface area contributed by atoms with Crippen LogP contribution in [0, 0.1) is 0 Å². The summed E-state index contributed by atoms with van der Waals surface area (Å²) in [5.74, 6) is 2.53. The number of hydrogen-bond donors (Lipinski definition) is 2. The van der Waals surface area contributed by atoms with Gasteiger partial charge in [-0.05, 0) is 63.6 Å². The molecule has 1 heterocycles. The molecule has 1 aromatic carbocycles. The van der Waals surface area contributed by atoms with Crippen LogP contribution in [0.2, 0.25) is 0 Å². The van der Waals surface area contributed by atoms with Gasteiger partial charge in [0, 0.05) is 52.5 Å². The molecule has 0 radical (unpaired) electrons. The lowest BCUT2D eigenvalue weighted by Gasteiger charge is -2.33. The summed E-state index contributed by atoms with van der Waals surface area (Å²) in [6.45, 7) is 10.7. The second-order valence-corrected chi connectivity index (χ2v) is 7.89. The predicted molar refractivity (Wildman–Crippen MR) is 143 cm³/mol. The van der Waals surface area contributed by atoms with E-state index in [0.717, 1.165) is 88.9 Å². The minimum absolute atomic E-state index is 0. The van der Waals surface area contributed by atoms with Crippen LogP contribution in [0.3, 0.4) is 0 Å². The lowest BCUT2D eigenvalue weighted by molar-refractivity contribution is 0.155. The van der Waals surface area contributed by atoms with Gasteiger partial charge >= 0.3 is 0 Å². The number of nitrogens with one attached hydrogen (secondary N) is 2. The molecular formula is C24H43IN4O3. The van der Waals surface area contributed by atoms with Crippen molar-refractivity contribution in [3.8, 4) is 11.5 Å². The van der Waals surface area contributed by atoms with Crippen LogP contribution in [0.5, 0.6) is 11.5 Å². The quantitative estimate of drug-likeness (QED) is 0.166. The summed E-state index contributed by atoms with van der Waals surface area (Å²) in [5, 5.41) is 7.03. The van der Waals surface area contributed by atoms with Crippen LogP contribution in [0.1, 0.15) is 45.1 Å². The molecule has 7 nitrogen and oxygen atoms in total. The molecule has 0 spiro atoms. The van der Waals surface area contributed by atoms with Gasteiger partial charge in [-0.1, -0.05) is 6.07 Å². The number of halogens is 1. The van der Waals surface area contributed by atoms with Crippen molar-refractivity contribution in [2.45, 2.75) is 52.0 Å². The van der Waals surface area contributed by atoms with Crippen LogP contribution in [-0.2, 0) is 11.2 Å². The molecule has 0 aliphatic carbocycles. The minimum atomic E-state index is 0. The standard InChI is InChI=1S/C24H42N4O3.HI/c1-5-25-24(27-21-12-16-28(17-13-21)15-8-18-29-3)26-14-7-9-20-10-11-22(30-4)23(19-20)31-6-2;/h10-11,19,21H,5-9,12-18H2,1-4H3,(H2,25,26,27);1H. The highest BCUT2D eigenvalue weighted by atomic mass is 127. The van der Waals surface area contributed by atoms with Gasteiger partial charge in [-0.3, -0.25) is 4.99 Å². The Balaban J connectivity index is 0.00000512. The summed E-state index contributed by atoms with van der Waals surface area (Å²) in [4.78, 5) is 7.34. The number of methoxy groups -OCH3 is 2. The highest BCUT2D eigenvalue weighted by molar-refractivity contribution is 14.0. The number of guanidine groups is 1. The van der Waals surface area contributed by atoms with Gasteiger partial charge in [0.2, 0.25) is 0 Å². The summed E-state index contributed by atoms with van der Waals surface area (Å²) < 4.78 is 16.2. The van der Waals surface area contributed by atoms with Crippen LogP contribution in [0.15, 0.2) is 23.2 Å². The monoisotopic (exact) mass is 562 g/mol. The number of likely N-dealkylation sites (tertiary alicyclic amines) is 1. The topological polar surface area (TPSA) is 67.4 Å². The van der Waals surface area contributed by atoms with Crippen molar-refractivity contribution in [1.82, 2.24) is 15.5 Å². The number of rotatable bonds is 13. The average molecular weight is 563 g/mol. The second kappa shape index (κ2) is 17.2. The van der Waals surface area contributed by atoms with Crippen molar-refractivity contribution in [2.75, 3.05) is 60.2 Å². The first-order valence-corrected chi connectivity index (χ1v) is 11.8. The van der Waals surface area contributed by atoms with Gasteiger partial charge in [-0.2, -0.15) is 0 Å². The number of aliphatic imine (C=N–C) groups is 1. The van der Waals surface area contributed by atoms with Crippen LogP contribution in [-0.4, -0.2) is 77.1 Å². The van der Waals surface area contributed by atoms with E-state index < -0.39 is 0 Å². The summed E-state index contributed by atoms with van der Waals surface area (Å²) in [5.41, 5.74) is 1.25. The maximum Gasteiger partial charge on any atom is 0.191 e. The van der Waals surface area contributed by atoms with Crippen molar-refractivity contribution < 1.29 is 14.2 Å². The second-order valence-electron chi connectivity index (χ2n) is 7.89. The molecule has 1 aliphatic heterocycles. The molecule has 0 bridgehead atoms. The molecule has 0 atom stereocenters. The fourth-order valence-corrected chi connectivity index (χ4v) is 3.87. The maximum atomic E-state index is 5.68. The van der Waals surface area contributed by atoms with E-state index in [2.05, 4.69) is 34.6 Å². The van der Waals surface area contributed by atoms with E-state index in [-0.39, 0.29) is 24.0 Å². The van der Waals surface area contributed by atoms with Crippen molar-refractivity contribution in [2.24, 2.45) is 4.99 Å². The molecular weight excluding hydrogens is 519 g/mol. The molecule has 1 fully saturated rings. The van der Waals surface area contributed by atoms with Crippen molar-refractivity contribution in [1.29, 1.82) is 0 Å². The fourth-order valence-electron chi connectivity index (χ4n) is 3.87. The Labute approximate surface area is 211 Å². The molecule has 0 saturated carbocycles. The van der Waals surface area contributed by atoms with Gasteiger partial charge in [0.1, 0.15) is 0 Å². The average Bonchev–Trinajstić information content (AvgIpc) is 2.78. The Bertz CT molecular complexity index is 652. The zero-order chi connectivity index (χ0) is 22.3. The molecule has 2 rings (SSSR count). The van der Waals surface area contributed by atoms with Gasteiger partial charge in [0.15, 0.2) is 17.5 Å². The predicted octanol–water partition coefficient (Wildman–Crippen LogP) is 3.70. The highest BCUT2D eigenvalue weighted by Gasteiger charge is 2.19. The summed E-state index contributed by atoms with van der Waals surface area (Å²) in [6.07, 6.45) is 5.38. The number of aryl methyl sites for hydroxylation is 1. The molecule has 0 amide bonds. The molecule has 184 valence electrons. The first-order chi connectivity index (χ1) is 15.2. The number of ether oxygens (including phenoxy) is 3. The van der Waals surface area contributed by atoms with E-state index >= 15 is 0 Å². The molecule has 0 aromatic heterocycles. The normalized spacial score (nSPS) is 15.2. The van der Waals surface area contributed by atoms with Gasteiger partial charge in [0.25, 0.3) is 0 Å². The van der Waals surface area contributed by atoms with E-state index in [0.29, 0.717) is 12.6 Å². The highest BCUT2D eigenvalue weighted by Crippen LogP contribution is 2.28. The van der Waals surface area contributed by atoms with Crippen molar-refractivity contribution in [3.05, 3.63) is 23.8 Å². The molecule has 1 aromatic rings. The molecule has 1 aliphatic rings. The zero-order valence-electron chi connectivity index (χ0n) is 20.3. The SMILES string of the molecule is CCNC(=NCCCc1ccc(OC)c(OCC)c1)NC1CCN(CCCOC)CC1.I. The first-order valence-electron chi connectivity index (χ1n) is 11.8. The van der Waals surface area contributed by atoms with E-state index in [1.807, 2.05) is 13.0 Å². The molecule has 8 heteroatoms. The number of nitrogens with zero attached hydrogens (tertiary/aromatic N) is 2. The lowest BCUT2D eigenvalue weighted by atomic mass is 10.1. The Hall–Kier alpha value is -1.26. The van der Waals surface area contributed by atoms with Crippen molar-refractivity contribution in [3.63, 3.8) is 0 Å². The van der Waals surface area contributed by atoms with Crippen LogP contribution >= 0.6 is 24.0 Å². The van der Waals surface area contributed by atoms with Crippen LogP contribution < -0.4 is 20.1 Å². The molecule has 32 heavy (non-hydrogen) atoms. The maximum absolute atomic E-state index is 5.68. The number of benzene rings is 1. The first kappa shape index (κ1) is 28.8. The van der Waals surface area contributed by atoms with Crippen LogP contribution in [0.25, 0.3) is 0 Å². The van der Waals surface area contributed by atoms with Gasteiger partial charge in [0.05, 0.1) is 13.7 Å². The zero-order valence-corrected chi connectivity index (χ0v) is 22.7. The third-order valence-electron chi connectivity index (χ3n) is 5.52. The summed E-state index contributed by atoms with van der Waals surface area (Å²) in [6, 6.07) is 6.66. The van der Waals surface area contributed by atoms with Gasteiger partial charge < -0.3 is 29.7 Å². The smallest absolute Gasteiger partial charge is 0.191 e. The molecule has 0 unspecified atom stereocenters. The lowest BCUT2D eigenvalue weighted by Crippen LogP contribution is -2.48. The van der Waals surface area contributed by atoms with E-state index in [1.54, 1.807) is 14.2 Å². The Morgan fingerprint density at radius 2 is 1.91 bits per heavy atom. The summed E-state index contributed by atoms with van der Waals surface area (Å²) >= 11 is 0. The van der Waals surface area contributed by atoms with Crippen LogP contribution in [0.4, 0.5) is 0 Å². The largest absolute Gasteiger partial charge is 0.493 e. The van der Waals surface area contributed by atoms with E-state index in [9.17, 15) is 0 Å². The minimum Gasteiger partial charge on any atom is -0.493 e. The summed E-state index contributed by atoms with van der Waals surface area (Å²) in [7, 11) is 3.44. The van der Waals surface area contributed by atoms with E-state index in [1.165, 1.54) is 5.56 Å². The van der Waals surface area contributed by atoms with E-state index in [4.69, 9.17) is 19.2 Å². The number of piperidine rings is 1. The molecule has 1 saturated heterocycles. The van der Waals surface area contributed by atoms with Gasteiger partial charge in [-0.15, -0.1) is 24.0 Å². The Morgan fingerprint density at radius 1 is 1.12 bits per heavy atom. The third kappa shape index (κ3) is 10.6. The Kier molecular flexibility index (Phi) is 15.5. The Morgan fingerprint density at radius 3 is 2.56 bits per heavy atom.